The predicted molar refractivity (Wildman–Crippen MR) is 149 cm³/mol. The largest absolute Gasteiger partial charge is 0.395 e. The lowest BCUT2D eigenvalue weighted by Crippen LogP contribution is -2.46. The third kappa shape index (κ3) is 7.45. The first kappa shape index (κ1) is 26.0. The minimum absolute atomic E-state index is 0.0496. The number of allylic oxidation sites excluding steroid dienone is 1. The third-order valence-electron chi connectivity index (χ3n) is 6.42. The lowest BCUT2D eigenvalue weighted by atomic mass is 10.0. The first-order chi connectivity index (χ1) is 17.5. The van der Waals surface area contributed by atoms with E-state index in [1.165, 1.54) is 5.56 Å². The molecule has 1 saturated heterocycles. The Balaban J connectivity index is 1.35. The molecule has 6 nitrogen and oxygen atoms in total. The van der Waals surface area contributed by atoms with Gasteiger partial charge in [-0.3, -0.25) is 14.6 Å². The Morgan fingerprint density at radius 1 is 1.08 bits per heavy atom. The van der Waals surface area contributed by atoms with Gasteiger partial charge in [0.25, 0.3) is 0 Å². The smallest absolute Gasteiger partial charge is 0.229 e. The zero-order chi connectivity index (χ0) is 25.3. The van der Waals surface area contributed by atoms with Gasteiger partial charge in [-0.1, -0.05) is 48.5 Å². The number of β-amino-alcohol motifs (C(OH)–C–C–N with tert-alkyl or cyclic N) is 1. The van der Waals surface area contributed by atoms with Crippen molar-refractivity contribution in [3.63, 3.8) is 0 Å². The highest BCUT2D eigenvalue weighted by molar-refractivity contribution is 7.10. The highest BCUT2D eigenvalue weighted by atomic mass is 32.1. The molecule has 0 radical (unpaired) electrons. The quantitative estimate of drug-likeness (QED) is 0.359. The molecule has 3 aromatic rings. The number of aliphatic hydroxyl groups is 1. The monoisotopic (exact) mass is 502 g/mol. The Labute approximate surface area is 217 Å². The van der Waals surface area contributed by atoms with E-state index in [0.29, 0.717) is 12.1 Å². The molecule has 1 aliphatic rings. The maximum Gasteiger partial charge on any atom is 0.229 e. The van der Waals surface area contributed by atoms with E-state index in [0.717, 1.165) is 66.5 Å². The summed E-state index contributed by atoms with van der Waals surface area (Å²) in [6.45, 7) is 7.82. The fraction of sp³-hybridized carbons (Fsp3) is 0.310. The van der Waals surface area contributed by atoms with Crippen molar-refractivity contribution in [1.29, 1.82) is 5.41 Å². The number of nitrogens with one attached hydrogen (secondary N) is 2. The molecule has 1 aliphatic heterocycles. The van der Waals surface area contributed by atoms with Gasteiger partial charge >= 0.3 is 0 Å². The topological polar surface area (TPSA) is 79.7 Å². The summed E-state index contributed by atoms with van der Waals surface area (Å²) in [5, 5.41) is 22.7. The van der Waals surface area contributed by atoms with Crippen LogP contribution in [-0.4, -0.2) is 65.9 Å². The van der Waals surface area contributed by atoms with E-state index in [1.54, 1.807) is 11.3 Å². The minimum Gasteiger partial charge on any atom is -0.395 e. The number of thiophene rings is 1. The lowest BCUT2D eigenvalue weighted by molar-refractivity contribution is -0.115. The number of rotatable bonds is 10. The van der Waals surface area contributed by atoms with Crippen LogP contribution in [-0.2, 0) is 17.8 Å². The van der Waals surface area contributed by atoms with Crippen LogP contribution in [0.3, 0.4) is 0 Å². The summed E-state index contributed by atoms with van der Waals surface area (Å²) < 4.78 is 0. The van der Waals surface area contributed by atoms with E-state index in [-0.39, 0.29) is 12.5 Å². The molecule has 4 rings (SSSR count). The lowest BCUT2D eigenvalue weighted by Gasteiger charge is -2.34. The summed E-state index contributed by atoms with van der Waals surface area (Å²) in [5.41, 5.74) is 5.20. The Morgan fingerprint density at radius 3 is 2.64 bits per heavy atom. The van der Waals surface area contributed by atoms with Gasteiger partial charge in [-0.2, -0.15) is 0 Å². The van der Waals surface area contributed by atoms with Crippen LogP contribution in [0.15, 0.2) is 66.1 Å². The second kappa shape index (κ2) is 12.7. The first-order valence-electron chi connectivity index (χ1n) is 12.3. The van der Waals surface area contributed by atoms with Crippen LogP contribution >= 0.6 is 11.3 Å². The van der Waals surface area contributed by atoms with Gasteiger partial charge in [-0.25, -0.2) is 0 Å². The fourth-order valence-corrected chi connectivity index (χ4v) is 5.04. The number of benzene rings is 2. The number of amides is 1. The molecular formula is C29H34N4O2S. The van der Waals surface area contributed by atoms with Crippen molar-refractivity contribution in [3.05, 3.63) is 93.2 Å². The molecule has 1 amide bonds. The van der Waals surface area contributed by atoms with E-state index in [2.05, 4.69) is 39.4 Å². The van der Waals surface area contributed by atoms with Crippen LogP contribution in [0.4, 0.5) is 5.69 Å². The van der Waals surface area contributed by atoms with Crippen molar-refractivity contribution >= 4 is 34.7 Å². The number of piperazine rings is 1. The molecule has 1 fully saturated rings. The van der Waals surface area contributed by atoms with Gasteiger partial charge in [0.05, 0.1) is 18.7 Å². The number of hydrogen-bond donors (Lipinski definition) is 3. The maximum atomic E-state index is 12.5. The second-order valence-electron chi connectivity index (χ2n) is 9.17. The van der Waals surface area contributed by atoms with Crippen LogP contribution in [0, 0.1) is 12.3 Å². The molecular weight excluding hydrogens is 468 g/mol. The molecule has 0 saturated carbocycles. The fourth-order valence-electron chi connectivity index (χ4n) is 4.33. The van der Waals surface area contributed by atoms with Gasteiger partial charge in [0.15, 0.2) is 0 Å². The van der Waals surface area contributed by atoms with Crippen LogP contribution in [0.2, 0.25) is 0 Å². The number of aliphatic hydroxyl groups excluding tert-OH is 1. The van der Waals surface area contributed by atoms with Crippen LogP contribution in [0.1, 0.15) is 27.1 Å². The van der Waals surface area contributed by atoms with Gasteiger partial charge in [-0.15, -0.1) is 11.3 Å². The van der Waals surface area contributed by atoms with Crippen molar-refractivity contribution in [2.75, 3.05) is 44.6 Å². The standard InChI is InChI=1S/C29H34N4O2S/c1-22-7-9-25(19-28(22)31-29(35)20-26-6-3-17-36-26)27(30)10-8-23-4-2-5-24(18-23)21-33-13-11-32(12-14-33)15-16-34/h2-10,17-19,30,34H,11-16,20-21H2,1H3,(H,31,35)/b10-8+,30-27?. The summed E-state index contributed by atoms with van der Waals surface area (Å²) >= 11 is 1.57. The van der Waals surface area contributed by atoms with E-state index in [9.17, 15) is 4.79 Å². The molecule has 0 spiro atoms. The summed E-state index contributed by atoms with van der Waals surface area (Å²) in [5.74, 6) is -0.0496. The molecule has 2 heterocycles. The number of hydrogen-bond acceptors (Lipinski definition) is 6. The number of aryl methyl sites for hydroxylation is 1. The number of nitrogens with zero attached hydrogens (tertiary/aromatic N) is 2. The molecule has 3 N–H and O–H groups in total. The van der Waals surface area contributed by atoms with Crippen molar-refractivity contribution in [2.45, 2.75) is 19.9 Å². The summed E-state index contributed by atoms with van der Waals surface area (Å²) in [7, 11) is 0. The van der Waals surface area contributed by atoms with Gasteiger partial charge in [-0.05, 0) is 47.2 Å². The molecule has 0 bridgehead atoms. The Hall–Kier alpha value is -3.10. The molecule has 36 heavy (non-hydrogen) atoms. The number of anilines is 1. The van der Waals surface area contributed by atoms with E-state index < -0.39 is 0 Å². The summed E-state index contributed by atoms with van der Waals surface area (Å²) in [4.78, 5) is 18.2. The third-order valence-corrected chi connectivity index (χ3v) is 7.29. The van der Waals surface area contributed by atoms with E-state index in [4.69, 9.17) is 10.5 Å². The highest BCUT2D eigenvalue weighted by Crippen LogP contribution is 2.19. The van der Waals surface area contributed by atoms with Gasteiger partial charge < -0.3 is 15.8 Å². The van der Waals surface area contributed by atoms with Gasteiger partial charge in [0.1, 0.15) is 0 Å². The average Bonchev–Trinajstić information content (AvgIpc) is 3.38. The molecule has 188 valence electrons. The van der Waals surface area contributed by atoms with Gasteiger partial charge in [0.2, 0.25) is 5.91 Å². The molecule has 7 heteroatoms. The SMILES string of the molecule is Cc1ccc(C(=N)/C=C/c2cccc(CN3CCN(CCO)CC3)c2)cc1NC(=O)Cc1cccs1. The van der Waals surface area contributed by atoms with Crippen LogP contribution in [0.5, 0.6) is 0 Å². The normalized spacial score (nSPS) is 14.8. The Kier molecular flexibility index (Phi) is 9.19. The van der Waals surface area contributed by atoms with Gasteiger partial charge in [0, 0.05) is 55.4 Å². The number of carbonyl (C=O) groups is 1. The molecule has 0 aliphatic carbocycles. The predicted octanol–water partition coefficient (Wildman–Crippen LogP) is 4.43. The van der Waals surface area contributed by atoms with Crippen molar-refractivity contribution in [2.24, 2.45) is 0 Å². The zero-order valence-electron chi connectivity index (χ0n) is 20.7. The summed E-state index contributed by atoms with van der Waals surface area (Å²) in [6.07, 6.45) is 4.14. The zero-order valence-corrected chi connectivity index (χ0v) is 21.6. The highest BCUT2D eigenvalue weighted by Gasteiger charge is 2.16. The van der Waals surface area contributed by atoms with Crippen LogP contribution in [0.25, 0.3) is 6.08 Å². The molecule has 2 aromatic carbocycles. The van der Waals surface area contributed by atoms with Crippen molar-refractivity contribution < 1.29 is 9.90 Å². The molecule has 1 aromatic heterocycles. The minimum atomic E-state index is -0.0496. The van der Waals surface area contributed by atoms with Crippen molar-refractivity contribution in [3.8, 4) is 0 Å². The van der Waals surface area contributed by atoms with E-state index >= 15 is 0 Å². The van der Waals surface area contributed by atoms with Crippen molar-refractivity contribution in [1.82, 2.24) is 9.80 Å². The van der Waals surface area contributed by atoms with E-state index in [1.807, 2.05) is 54.8 Å². The molecule has 0 unspecified atom stereocenters. The Bertz CT molecular complexity index is 1200. The number of carbonyl (C=O) groups excluding carboxylic acids is 1. The van der Waals surface area contributed by atoms with Crippen LogP contribution < -0.4 is 5.32 Å². The first-order valence-corrected chi connectivity index (χ1v) is 13.2. The second-order valence-corrected chi connectivity index (χ2v) is 10.2. The molecule has 0 atom stereocenters. The Morgan fingerprint density at radius 2 is 1.89 bits per heavy atom. The summed E-state index contributed by atoms with van der Waals surface area (Å²) in [6, 6.07) is 18.1. The maximum absolute atomic E-state index is 12.5. The average molecular weight is 503 g/mol.